The number of hydrogen-bond acceptors (Lipinski definition) is 2. The average Bonchev–Trinajstić information content (AvgIpc) is 2.26. The quantitative estimate of drug-likeness (QED) is 0.697. The van der Waals surface area contributed by atoms with Gasteiger partial charge in [0.15, 0.2) is 0 Å². The number of benzene rings is 1. The molecule has 0 amide bonds. The zero-order valence-corrected chi connectivity index (χ0v) is 10.9. The second-order valence-corrected chi connectivity index (χ2v) is 3.71. The normalized spacial score (nSPS) is 12.4. The highest BCUT2D eigenvalue weighted by molar-refractivity contribution is 6.06. The van der Waals surface area contributed by atoms with E-state index in [2.05, 4.69) is 13.0 Å². The molecule has 3 heteroatoms. The first-order chi connectivity index (χ1) is 6.70. The smallest absolute Gasteiger partial charge is 0.299 e. The van der Waals surface area contributed by atoms with Gasteiger partial charge in [-0.3, -0.25) is 4.79 Å². The van der Waals surface area contributed by atoms with Gasteiger partial charge in [0.25, 0.3) is 5.97 Å². The largest absolute Gasteiger partial charge is 0.528 e. The van der Waals surface area contributed by atoms with Crippen molar-refractivity contribution in [2.75, 3.05) is 0 Å². The zero-order chi connectivity index (χ0) is 10.6. The van der Waals surface area contributed by atoms with Gasteiger partial charge in [0, 0.05) is 0 Å². The summed E-state index contributed by atoms with van der Waals surface area (Å²) < 4.78 is 4.87. The van der Waals surface area contributed by atoms with Gasteiger partial charge in [0.1, 0.15) is 0 Å². The van der Waals surface area contributed by atoms with E-state index in [1.54, 1.807) is 0 Å². The van der Waals surface area contributed by atoms with Crippen LogP contribution in [0, 0.1) is 0 Å². The standard InChI is InChI=1S/C11H16O2Si/c1-3-9-6-4-5-7-10(9)8(2)11(12)13-14/h4-8H,3H2,1-2,14H3. The molecule has 0 saturated heterocycles. The molecule has 0 bridgehead atoms. The molecule has 0 heterocycles. The van der Waals surface area contributed by atoms with Crippen molar-refractivity contribution in [3.63, 3.8) is 0 Å². The van der Waals surface area contributed by atoms with Gasteiger partial charge in [-0.25, -0.2) is 0 Å². The van der Waals surface area contributed by atoms with Gasteiger partial charge in [0.2, 0.25) is 10.5 Å². The van der Waals surface area contributed by atoms with E-state index in [9.17, 15) is 4.79 Å². The van der Waals surface area contributed by atoms with E-state index in [-0.39, 0.29) is 11.9 Å². The molecule has 2 nitrogen and oxygen atoms in total. The first kappa shape index (κ1) is 11.0. The van der Waals surface area contributed by atoms with Crippen molar-refractivity contribution in [2.24, 2.45) is 0 Å². The number of carbonyl (C=O) groups excluding carboxylic acids is 1. The zero-order valence-electron chi connectivity index (χ0n) is 8.91. The Bertz CT molecular complexity index is 323. The molecule has 0 N–H and O–H groups in total. The molecule has 1 aromatic rings. The van der Waals surface area contributed by atoms with Crippen LogP contribution in [0.3, 0.4) is 0 Å². The maximum absolute atomic E-state index is 11.4. The maximum Gasteiger partial charge on any atom is 0.299 e. The molecule has 0 aliphatic rings. The van der Waals surface area contributed by atoms with Crippen LogP contribution in [-0.4, -0.2) is 16.5 Å². The Hall–Kier alpha value is -1.09. The summed E-state index contributed by atoms with van der Waals surface area (Å²) in [5.41, 5.74) is 2.32. The van der Waals surface area contributed by atoms with Crippen molar-refractivity contribution in [3.8, 4) is 0 Å². The van der Waals surface area contributed by atoms with Gasteiger partial charge < -0.3 is 4.43 Å². The van der Waals surface area contributed by atoms with Crippen LogP contribution in [0.15, 0.2) is 24.3 Å². The Balaban J connectivity index is 2.99. The van der Waals surface area contributed by atoms with Crippen molar-refractivity contribution in [3.05, 3.63) is 35.4 Å². The van der Waals surface area contributed by atoms with Crippen LogP contribution in [0.4, 0.5) is 0 Å². The molecule has 0 radical (unpaired) electrons. The third kappa shape index (κ3) is 2.23. The van der Waals surface area contributed by atoms with E-state index in [0.717, 1.165) is 12.0 Å². The van der Waals surface area contributed by atoms with Crippen LogP contribution in [0.25, 0.3) is 0 Å². The average molecular weight is 208 g/mol. The molecule has 1 unspecified atom stereocenters. The molecule has 1 rings (SSSR count). The molecule has 14 heavy (non-hydrogen) atoms. The van der Waals surface area contributed by atoms with Gasteiger partial charge in [-0.2, -0.15) is 0 Å². The Morgan fingerprint density at radius 1 is 1.50 bits per heavy atom. The Morgan fingerprint density at radius 2 is 2.14 bits per heavy atom. The van der Waals surface area contributed by atoms with E-state index in [0.29, 0.717) is 10.5 Å². The lowest BCUT2D eigenvalue weighted by Gasteiger charge is -2.13. The highest BCUT2D eigenvalue weighted by Crippen LogP contribution is 2.21. The summed E-state index contributed by atoms with van der Waals surface area (Å²) >= 11 is 0. The fourth-order valence-corrected chi connectivity index (χ4v) is 1.94. The lowest BCUT2D eigenvalue weighted by atomic mass is 9.95. The number of rotatable bonds is 3. The molecule has 0 aliphatic carbocycles. The van der Waals surface area contributed by atoms with Crippen LogP contribution >= 0.6 is 0 Å². The highest BCUT2D eigenvalue weighted by atomic mass is 28.2. The number of hydrogen-bond donors (Lipinski definition) is 0. The van der Waals surface area contributed by atoms with E-state index >= 15 is 0 Å². The van der Waals surface area contributed by atoms with Gasteiger partial charge in [-0.1, -0.05) is 31.2 Å². The molecule has 0 spiro atoms. The minimum absolute atomic E-state index is 0.113. The Kier molecular flexibility index (Phi) is 3.89. The first-order valence-electron chi connectivity index (χ1n) is 4.86. The molecule has 1 aromatic carbocycles. The summed E-state index contributed by atoms with van der Waals surface area (Å²) in [6, 6.07) is 8.03. The van der Waals surface area contributed by atoms with Crippen molar-refractivity contribution in [2.45, 2.75) is 26.2 Å². The summed E-state index contributed by atoms with van der Waals surface area (Å²) in [6.45, 7) is 3.99. The minimum Gasteiger partial charge on any atom is -0.528 e. The third-order valence-electron chi connectivity index (χ3n) is 2.46. The molecule has 1 atom stereocenters. The van der Waals surface area contributed by atoms with Crippen LogP contribution in [0.5, 0.6) is 0 Å². The van der Waals surface area contributed by atoms with Crippen molar-refractivity contribution < 1.29 is 9.22 Å². The SMILES string of the molecule is CCc1ccccc1C(C)C(=O)O[SiH3]. The summed E-state index contributed by atoms with van der Waals surface area (Å²) in [6.07, 6.45) is 0.953. The summed E-state index contributed by atoms with van der Waals surface area (Å²) in [7, 11) is 0.472. The van der Waals surface area contributed by atoms with Crippen LogP contribution < -0.4 is 0 Å². The van der Waals surface area contributed by atoms with Gasteiger partial charge >= 0.3 is 0 Å². The summed E-state index contributed by atoms with van der Waals surface area (Å²) in [5, 5.41) is 0. The van der Waals surface area contributed by atoms with Crippen molar-refractivity contribution in [1.29, 1.82) is 0 Å². The predicted octanol–water partition coefficient (Wildman–Crippen LogP) is 1.18. The predicted molar refractivity (Wildman–Crippen MR) is 60.3 cm³/mol. The van der Waals surface area contributed by atoms with E-state index < -0.39 is 0 Å². The molecule has 76 valence electrons. The van der Waals surface area contributed by atoms with Gasteiger partial charge in [-0.05, 0) is 24.5 Å². The number of carbonyl (C=O) groups is 1. The molecular formula is C11H16O2Si. The Labute approximate surface area is 87.8 Å². The second kappa shape index (κ2) is 4.96. The van der Waals surface area contributed by atoms with Crippen LogP contribution in [0.2, 0.25) is 0 Å². The third-order valence-corrected chi connectivity index (χ3v) is 2.86. The molecule has 0 aliphatic heterocycles. The van der Waals surface area contributed by atoms with E-state index in [1.807, 2.05) is 25.1 Å². The summed E-state index contributed by atoms with van der Waals surface area (Å²) in [4.78, 5) is 11.4. The first-order valence-corrected chi connectivity index (χ1v) is 5.68. The van der Waals surface area contributed by atoms with Crippen molar-refractivity contribution >= 4 is 16.5 Å². The monoisotopic (exact) mass is 208 g/mol. The molecule has 0 fully saturated rings. The lowest BCUT2D eigenvalue weighted by Crippen LogP contribution is -2.13. The van der Waals surface area contributed by atoms with Crippen LogP contribution in [0.1, 0.15) is 30.9 Å². The van der Waals surface area contributed by atoms with E-state index in [1.165, 1.54) is 5.56 Å². The van der Waals surface area contributed by atoms with E-state index in [4.69, 9.17) is 4.43 Å². The lowest BCUT2D eigenvalue weighted by molar-refractivity contribution is -0.135. The Morgan fingerprint density at radius 3 is 2.71 bits per heavy atom. The fraction of sp³-hybridized carbons (Fsp3) is 0.364. The summed E-state index contributed by atoms with van der Waals surface area (Å²) in [5.74, 6) is -0.249. The molecule has 0 aromatic heterocycles. The maximum atomic E-state index is 11.4. The molecular weight excluding hydrogens is 192 g/mol. The topological polar surface area (TPSA) is 26.3 Å². The fourth-order valence-electron chi connectivity index (χ4n) is 1.58. The number of aryl methyl sites for hydroxylation is 1. The van der Waals surface area contributed by atoms with Gasteiger partial charge in [-0.15, -0.1) is 0 Å². The minimum atomic E-state index is -0.136. The van der Waals surface area contributed by atoms with Crippen molar-refractivity contribution in [1.82, 2.24) is 0 Å². The highest BCUT2D eigenvalue weighted by Gasteiger charge is 2.16. The van der Waals surface area contributed by atoms with Crippen LogP contribution in [-0.2, 0) is 15.6 Å². The van der Waals surface area contributed by atoms with Gasteiger partial charge in [0.05, 0.1) is 5.92 Å². The molecule has 0 saturated carbocycles. The second-order valence-electron chi connectivity index (χ2n) is 3.30.